The van der Waals surface area contributed by atoms with Crippen molar-refractivity contribution in [2.75, 3.05) is 0 Å². The van der Waals surface area contributed by atoms with Crippen LogP contribution in [0.15, 0.2) is 48.5 Å². The van der Waals surface area contributed by atoms with E-state index in [0.717, 1.165) is 11.8 Å². The van der Waals surface area contributed by atoms with E-state index in [1.807, 2.05) is 0 Å². The predicted octanol–water partition coefficient (Wildman–Crippen LogP) is 8.94. The first-order chi connectivity index (χ1) is 13.8. The minimum Gasteiger partial charge on any atom is -0.0654 e. The molecule has 1 aliphatic rings. The Morgan fingerprint density at radius 2 is 1.21 bits per heavy atom. The fourth-order valence-electron chi connectivity index (χ4n) is 4.83. The molecule has 1 fully saturated rings. The average Bonchev–Trinajstić information content (AvgIpc) is 2.77. The van der Waals surface area contributed by atoms with Gasteiger partial charge in [-0.2, -0.15) is 0 Å². The largest absolute Gasteiger partial charge is 0.0654 e. The van der Waals surface area contributed by atoms with Crippen molar-refractivity contribution in [3.63, 3.8) is 0 Å². The van der Waals surface area contributed by atoms with Gasteiger partial charge < -0.3 is 0 Å². The fourth-order valence-corrected chi connectivity index (χ4v) is 4.83. The van der Waals surface area contributed by atoms with Crippen LogP contribution in [0.25, 0.3) is 11.1 Å². The Morgan fingerprint density at radius 1 is 0.643 bits per heavy atom. The molecule has 0 unspecified atom stereocenters. The first-order valence-electron chi connectivity index (χ1n) is 12.0. The van der Waals surface area contributed by atoms with Crippen LogP contribution in [-0.2, 0) is 6.42 Å². The SMILES string of the molecule is CCCCCCCCc1ccc(-c2ccc(C3CCC(CC)CC3)cc2)cc1. The van der Waals surface area contributed by atoms with Gasteiger partial charge in [0.25, 0.3) is 0 Å². The Bertz CT molecular complexity index is 656. The Balaban J connectivity index is 1.48. The zero-order valence-corrected chi connectivity index (χ0v) is 18.3. The maximum absolute atomic E-state index is 2.39. The van der Waals surface area contributed by atoms with Gasteiger partial charge in [0.2, 0.25) is 0 Å². The van der Waals surface area contributed by atoms with E-state index in [-0.39, 0.29) is 0 Å². The summed E-state index contributed by atoms with van der Waals surface area (Å²) in [6, 6.07) is 18.7. The average molecular weight is 377 g/mol. The lowest BCUT2D eigenvalue weighted by molar-refractivity contribution is 0.319. The number of unbranched alkanes of at least 4 members (excludes halogenated alkanes) is 5. The van der Waals surface area contributed by atoms with Gasteiger partial charge in [-0.25, -0.2) is 0 Å². The van der Waals surface area contributed by atoms with E-state index in [1.165, 1.54) is 93.7 Å². The third-order valence-electron chi connectivity index (χ3n) is 6.91. The topological polar surface area (TPSA) is 0 Å². The minimum absolute atomic E-state index is 0.788. The van der Waals surface area contributed by atoms with Crippen molar-refractivity contribution in [2.24, 2.45) is 5.92 Å². The first-order valence-corrected chi connectivity index (χ1v) is 12.0. The van der Waals surface area contributed by atoms with Crippen LogP contribution in [0.4, 0.5) is 0 Å². The van der Waals surface area contributed by atoms with Crippen LogP contribution in [0.3, 0.4) is 0 Å². The van der Waals surface area contributed by atoms with Gasteiger partial charge in [-0.15, -0.1) is 0 Å². The molecule has 152 valence electrons. The lowest BCUT2D eigenvalue weighted by Crippen LogP contribution is -2.12. The van der Waals surface area contributed by atoms with Crippen molar-refractivity contribution in [3.05, 3.63) is 59.7 Å². The highest BCUT2D eigenvalue weighted by Crippen LogP contribution is 2.37. The molecule has 0 aliphatic heterocycles. The molecule has 0 heterocycles. The van der Waals surface area contributed by atoms with Gasteiger partial charge in [-0.1, -0.05) is 101 Å². The lowest BCUT2D eigenvalue weighted by Gasteiger charge is -2.28. The molecule has 0 heteroatoms. The number of benzene rings is 2. The zero-order chi connectivity index (χ0) is 19.6. The van der Waals surface area contributed by atoms with Crippen LogP contribution < -0.4 is 0 Å². The molecule has 3 rings (SSSR count). The fraction of sp³-hybridized carbons (Fsp3) is 0.571. The van der Waals surface area contributed by atoms with Crippen LogP contribution in [0, 0.1) is 5.92 Å². The Kier molecular flexibility index (Phi) is 8.65. The van der Waals surface area contributed by atoms with E-state index >= 15 is 0 Å². The molecule has 0 spiro atoms. The molecule has 0 atom stereocenters. The maximum Gasteiger partial charge on any atom is -0.0162 e. The molecule has 0 radical (unpaired) electrons. The number of hydrogen-bond donors (Lipinski definition) is 0. The molecule has 0 amide bonds. The van der Waals surface area contributed by atoms with Crippen molar-refractivity contribution in [1.29, 1.82) is 0 Å². The Morgan fingerprint density at radius 3 is 1.82 bits per heavy atom. The second-order valence-electron chi connectivity index (χ2n) is 8.96. The van der Waals surface area contributed by atoms with E-state index in [9.17, 15) is 0 Å². The Hall–Kier alpha value is -1.56. The molecule has 1 aliphatic carbocycles. The van der Waals surface area contributed by atoms with Crippen molar-refractivity contribution in [2.45, 2.75) is 96.8 Å². The molecule has 0 saturated heterocycles. The van der Waals surface area contributed by atoms with Crippen LogP contribution in [-0.4, -0.2) is 0 Å². The molecule has 0 nitrogen and oxygen atoms in total. The predicted molar refractivity (Wildman–Crippen MR) is 124 cm³/mol. The normalized spacial score (nSPS) is 19.6. The van der Waals surface area contributed by atoms with E-state index in [4.69, 9.17) is 0 Å². The van der Waals surface area contributed by atoms with Gasteiger partial charge >= 0.3 is 0 Å². The highest BCUT2D eigenvalue weighted by atomic mass is 14.3. The Labute approximate surface area is 173 Å². The van der Waals surface area contributed by atoms with Crippen molar-refractivity contribution >= 4 is 0 Å². The van der Waals surface area contributed by atoms with E-state index < -0.39 is 0 Å². The van der Waals surface area contributed by atoms with Crippen LogP contribution in [0.2, 0.25) is 0 Å². The summed E-state index contributed by atoms with van der Waals surface area (Å²) in [7, 11) is 0. The summed E-state index contributed by atoms with van der Waals surface area (Å²) < 4.78 is 0. The van der Waals surface area contributed by atoms with Gasteiger partial charge in [0.15, 0.2) is 0 Å². The second-order valence-corrected chi connectivity index (χ2v) is 8.96. The smallest absolute Gasteiger partial charge is 0.0162 e. The monoisotopic (exact) mass is 376 g/mol. The van der Waals surface area contributed by atoms with E-state index in [1.54, 1.807) is 5.56 Å². The highest BCUT2D eigenvalue weighted by molar-refractivity contribution is 5.64. The minimum atomic E-state index is 0.788. The summed E-state index contributed by atoms with van der Waals surface area (Å²) in [5.41, 5.74) is 5.76. The standard InChI is InChI=1S/C28H40/c1-3-5-6-7-8-9-10-24-13-17-26(18-14-24)28-21-19-27(20-22-28)25-15-11-23(4-2)12-16-25/h13-14,17-23,25H,3-12,15-16H2,1-2H3. The molecule has 2 aromatic rings. The summed E-state index contributed by atoms with van der Waals surface area (Å²) in [6.45, 7) is 4.63. The molecule has 0 N–H and O–H groups in total. The second kappa shape index (κ2) is 11.4. The van der Waals surface area contributed by atoms with Gasteiger partial charge in [0.05, 0.1) is 0 Å². The van der Waals surface area contributed by atoms with Gasteiger partial charge in [0.1, 0.15) is 0 Å². The van der Waals surface area contributed by atoms with Crippen LogP contribution in [0.5, 0.6) is 0 Å². The van der Waals surface area contributed by atoms with Crippen molar-refractivity contribution in [1.82, 2.24) is 0 Å². The number of aryl methyl sites for hydroxylation is 1. The quantitative estimate of drug-likeness (QED) is 0.363. The van der Waals surface area contributed by atoms with Gasteiger partial charge in [-0.3, -0.25) is 0 Å². The van der Waals surface area contributed by atoms with Crippen LogP contribution in [0.1, 0.15) is 102 Å². The van der Waals surface area contributed by atoms with Crippen LogP contribution >= 0.6 is 0 Å². The van der Waals surface area contributed by atoms with Crippen molar-refractivity contribution in [3.8, 4) is 11.1 Å². The maximum atomic E-state index is 2.39. The summed E-state index contributed by atoms with van der Waals surface area (Å²) in [5.74, 6) is 1.77. The third-order valence-corrected chi connectivity index (χ3v) is 6.91. The van der Waals surface area contributed by atoms with E-state index in [0.29, 0.717) is 0 Å². The molecular formula is C28H40. The molecule has 2 aromatic carbocycles. The summed E-state index contributed by atoms with van der Waals surface area (Å²) in [6.07, 6.45) is 16.4. The lowest BCUT2D eigenvalue weighted by atomic mass is 9.77. The van der Waals surface area contributed by atoms with Crippen molar-refractivity contribution < 1.29 is 0 Å². The summed E-state index contributed by atoms with van der Waals surface area (Å²) in [5, 5.41) is 0. The molecule has 1 saturated carbocycles. The highest BCUT2D eigenvalue weighted by Gasteiger charge is 2.21. The first kappa shape index (κ1) is 21.2. The zero-order valence-electron chi connectivity index (χ0n) is 18.3. The number of hydrogen-bond acceptors (Lipinski definition) is 0. The summed E-state index contributed by atoms with van der Waals surface area (Å²) >= 11 is 0. The summed E-state index contributed by atoms with van der Waals surface area (Å²) in [4.78, 5) is 0. The van der Waals surface area contributed by atoms with Gasteiger partial charge in [-0.05, 0) is 72.6 Å². The molecule has 0 bridgehead atoms. The third kappa shape index (κ3) is 6.23. The van der Waals surface area contributed by atoms with Gasteiger partial charge in [0, 0.05) is 0 Å². The molecule has 28 heavy (non-hydrogen) atoms. The molecular weight excluding hydrogens is 336 g/mol. The molecule has 0 aromatic heterocycles. The van der Waals surface area contributed by atoms with E-state index in [2.05, 4.69) is 62.4 Å². The number of rotatable bonds is 10.